The predicted octanol–water partition coefficient (Wildman–Crippen LogP) is 25.7. The standard InChI is InChI=1S/C76H144O6/c1-4-7-10-13-16-19-22-25-28-31-33-35-37-38-40-41-43-45-48-51-54-57-60-63-66-69-75(78)81-72-73(71-80-74(77)68-65-62-59-56-53-50-47-30-27-24-21-18-15-12-9-6-3)82-76(79)70-67-64-61-58-55-52-49-46-44-42-39-36-34-32-29-26-23-20-17-14-11-8-5-2/h30-31,33,47,73H,4-29,32,34-46,48-72H2,1-3H3/b33-31-,47-30-. The van der Waals surface area contributed by atoms with Crippen molar-refractivity contribution in [3.05, 3.63) is 24.3 Å². The molecular formula is C76H144O6. The van der Waals surface area contributed by atoms with Gasteiger partial charge in [0.2, 0.25) is 0 Å². The van der Waals surface area contributed by atoms with Gasteiger partial charge in [-0.15, -0.1) is 0 Å². The van der Waals surface area contributed by atoms with Crippen LogP contribution < -0.4 is 0 Å². The summed E-state index contributed by atoms with van der Waals surface area (Å²) < 4.78 is 17.0. The van der Waals surface area contributed by atoms with E-state index in [0.29, 0.717) is 19.3 Å². The van der Waals surface area contributed by atoms with E-state index in [1.54, 1.807) is 0 Å². The van der Waals surface area contributed by atoms with Gasteiger partial charge >= 0.3 is 17.9 Å². The average molecular weight is 1150 g/mol. The molecule has 0 aromatic heterocycles. The summed E-state index contributed by atoms with van der Waals surface area (Å²) in [6, 6.07) is 0. The third-order valence-electron chi connectivity index (χ3n) is 17.2. The Morgan fingerprint density at radius 1 is 0.232 bits per heavy atom. The lowest BCUT2D eigenvalue weighted by molar-refractivity contribution is -0.167. The van der Waals surface area contributed by atoms with Crippen molar-refractivity contribution >= 4 is 17.9 Å². The van der Waals surface area contributed by atoms with E-state index in [9.17, 15) is 14.4 Å². The predicted molar refractivity (Wildman–Crippen MR) is 358 cm³/mol. The minimum Gasteiger partial charge on any atom is -0.462 e. The first-order valence-electron chi connectivity index (χ1n) is 37.3. The molecule has 0 bridgehead atoms. The van der Waals surface area contributed by atoms with Crippen LogP contribution in [0.1, 0.15) is 425 Å². The highest BCUT2D eigenvalue weighted by Crippen LogP contribution is 2.19. The average Bonchev–Trinajstić information content (AvgIpc) is 3.48. The number of allylic oxidation sites excluding steroid dienone is 4. The van der Waals surface area contributed by atoms with Crippen molar-refractivity contribution < 1.29 is 28.6 Å². The van der Waals surface area contributed by atoms with Crippen LogP contribution in [0.2, 0.25) is 0 Å². The van der Waals surface area contributed by atoms with Gasteiger partial charge in [-0.1, -0.05) is 360 Å². The Kier molecular flexibility index (Phi) is 69.5. The molecule has 1 unspecified atom stereocenters. The minimum atomic E-state index is -0.773. The van der Waals surface area contributed by atoms with Crippen molar-refractivity contribution in [3.63, 3.8) is 0 Å². The van der Waals surface area contributed by atoms with Gasteiger partial charge in [0.25, 0.3) is 0 Å². The van der Waals surface area contributed by atoms with Crippen LogP contribution in [-0.4, -0.2) is 37.2 Å². The van der Waals surface area contributed by atoms with Crippen LogP contribution in [0.15, 0.2) is 24.3 Å². The SMILES string of the molecule is CCCCCCCCC/C=C\CCCCCCCC(=O)OCC(COC(=O)CCCCCCCCCCCCCCC/C=C\CCCCCCCCCC)OC(=O)CCCCCCCCCCCCCCCCCCCCCCCCC. The van der Waals surface area contributed by atoms with Crippen LogP contribution in [0.3, 0.4) is 0 Å². The molecule has 0 spiro atoms. The summed E-state index contributed by atoms with van der Waals surface area (Å²) in [5, 5.41) is 0. The Bertz CT molecular complexity index is 1320. The van der Waals surface area contributed by atoms with Gasteiger partial charge in [0.1, 0.15) is 13.2 Å². The van der Waals surface area contributed by atoms with Gasteiger partial charge in [0, 0.05) is 19.3 Å². The number of esters is 3. The lowest BCUT2D eigenvalue weighted by atomic mass is 10.0. The molecule has 0 fully saturated rings. The normalized spacial score (nSPS) is 12.1. The number of carbonyl (C=O) groups is 3. The van der Waals surface area contributed by atoms with E-state index in [1.165, 1.54) is 321 Å². The monoisotopic (exact) mass is 1150 g/mol. The van der Waals surface area contributed by atoms with Gasteiger partial charge < -0.3 is 14.2 Å². The fourth-order valence-electron chi connectivity index (χ4n) is 11.6. The molecule has 484 valence electrons. The molecule has 0 saturated heterocycles. The molecule has 0 radical (unpaired) electrons. The van der Waals surface area contributed by atoms with Crippen molar-refractivity contribution in [2.75, 3.05) is 13.2 Å². The van der Waals surface area contributed by atoms with Crippen LogP contribution in [0.4, 0.5) is 0 Å². The van der Waals surface area contributed by atoms with Gasteiger partial charge in [0.15, 0.2) is 6.10 Å². The van der Waals surface area contributed by atoms with Crippen molar-refractivity contribution in [2.45, 2.75) is 431 Å². The van der Waals surface area contributed by atoms with Crippen LogP contribution >= 0.6 is 0 Å². The molecular weight excluding hydrogens is 1010 g/mol. The van der Waals surface area contributed by atoms with Gasteiger partial charge in [-0.25, -0.2) is 0 Å². The molecule has 0 aliphatic carbocycles. The van der Waals surface area contributed by atoms with E-state index in [-0.39, 0.29) is 31.1 Å². The molecule has 6 heteroatoms. The Morgan fingerprint density at radius 2 is 0.402 bits per heavy atom. The van der Waals surface area contributed by atoms with Crippen LogP contribution in [0, 0.1) is 0 Å². The van der Waals surface area contributed by atoms with E-state index in [4.69, 9.17) is 14.2 Å². The van der Waals surface area contributed by atoms with Crippen LogP contribution in [0.5, 0.6) is 0 Å². The van der Waals surface area contributed by atoms with E-state index < -0.39 is 6.10 Å². The number of ether oxygens (including phenoxy) is 3. The fourth-order valence-corrected chi connectivity index (χ4v) is 11.6. The smallest absolute Gasteiger partial charge is 0.306 e. The van der Waals surface area contributed by atoms with E-state index in [2.05, 4.69) is 45.1 Å². The van der Waals surface area contributed by atoms with Gasteiger partial charge in [0.05, 0.1) is 0 Å². The van der Waals surface area contributed by atoms with Crippen molar-refractivity contribution in [2.24, 2.45) is 0 Å². The molecule has 0 aliphatic heterocycles. The second kappa shape index (κ2) is 71.4. The number of rotatable bonds is 70. The fraction of sp³-hybridized carbons (Fsp3) is 0.908. The maximum absolute atomic E-state index is 13.0. The van der Waals surface area contributed by atoms with Gasteiger partial charge in [-0.2, -0.15) is 0 Å². The summed E-state index contributed by atoms with van der Waals surface area (Å²) in [5.41, 5.74) is 0. The van der Waals surface area contributed by atoms with E-state index >= 15 is 0 Å². The molecule has 82 heavy (non-hydrogen) atoms. The molecule has 0 saturated carbocycles. The summed E-state index contributed by atoms with van der Waals surface area (Å²) in [5.74, 6) is -0.841. The second-order valence-corrected chi connectivity index (χ2v) is 25.6. The summed E-state index contributed by atoms with van der Waals surface area (Å²) in [4.78, 5) is 38.5. The highest BCUT2D eigenvalue weighted by molar-refractivity contribution is 5.71. The number of hydrogen-bond acceptors (Lipinski definition) is 6. The molecule has 0 heterocycles. The van der Waals surface area contributed by atoms with Gasteiger partial charge in [-0.05, 0) is 70.6 Å². The molecule has 1 atom stereocenters. The summed E-state index contributed by atoms with van der Waals surface area (Å²) in [7, 11) is 0. The van der Waals surface area contributed by atoms with Crippen LogP contribution in [-0.2, 0) is 28.6 Å². The third kappa shape index (κ3) is 68.7. The third-order valence-corrected chi connectivity index (χ3v) is 17.2. The molecule has 0 aliphatic rings. The molecule has 0 aromatic carbocycles. The van der Waals surface area contributed by atoms with Crippen molar-refractivity contribution in [1.82, 2.24) is 0 Å². The zero-order chi connectivity index (χ0) is 59.2. The highest BCUT2D eigenvalue weighted by Gasteiger charge is 2.20. The van der Waals surface area contributed by atoms with Gasteiger partial charge in [-0.3, -0.25) is 14.4 Å². The molecule has 0 N–H and O–H groups in total. The number of hydrogen-bond donors (Lipinski definition) is 0. The van der Waals surface area contributed by atoms with Crippen molar-refractivity contribution in [3.8, 4) is 0 Å². The lowest BCUT2D eigenvalue weighted by Crippen LogP contribution is -2.30. The zero-order valence-electron chi connectivity index (χ0n) is 55.8. The molecule has 0 amide bonds. The minimum absolute atomic E-state index is 0.0679. The highest BCUT2D eigenvalue weighted by atomic mass is 16.6. The van der Waals surface area contributed by atoms with E-state index in [1.807, 2.05) is 0 Å². The maximum Gasteiger partial charge on any atom is 0.306 e. The number of unbranched alkanes of at least 4 members (excludes halogenated alkanes) is 55. The quantitative estimate of drug-likeness (QED) is 0.0261. The van der Waals surface area contributed by atoms with E-state index in [0.717, 1.165) is 64.2 Å². The Hall–Kier alpha value is -2.11. The lowest BCUT2D eigenvalue weighted by Gasteiger charge is -2.18. The molecule has 0 aromatic rings. The summed E-state index contributed by atoms with van der Waals surface area (Å²) >= 11 is 0. The molecule has 6 nitrogen and oxygen atoms in total. The maximum atomic E-state index is 13.0. The van der Waals surface area contributed by atoms with Crippen LogP contribution in [0.25, 0.3) is 0 Å². The first kappa shape index (κ1) is 79.9. The molecule has 0 rings (SSSR count). The first-order chi connectivity index (χ1) is 40.5. The van der Waals surface area contributed by atoms with Crippen molar-refractivity contribution in [1.29, 1.82) is 0 Å². The second-order valence-electron chi connectivity index (χ2n) is 25.6. The summed E-state index contributed by atoms with van der Waals surface area (Å²) in [6.45, 7) is 6.72. The first-order valence-corrected chi connectivity index (χ1v) is 37.3. The zero-order valence-corrected chi connectivity index (χ0v) is 55.8. The Morgan fingerprint density at radius 3 is 0.610 bits per heavy atom. The Balaban J connectivity index is 4.26. The topological polar surface area (TPSA) is 78.9 Å². The number of carbonyl (C=O) groups excluding carboxylic acids is 3. The Labute approximate surface area is 513 Å². The largest absolute Gasteiger partial charge is 0.462 e. The summed E-state index contributed by atoms with van der Waals surface area (Å²) in [6.07, 6.45) is 87.9.